The predicted molar refractivity (Wildman–Crippen MR) is 187 cm³/mol. The van der Waals surface area contributed by atoms with Crippen LogP contribution in [-0.4, -0.2) is 14.5 Å². The van der Waals surface area contributed by atoms with Crippen LogP contribution in [0, 0.1) is 0 Å². The fraction of sp³-hybridized carbons (Fsp3) is 0. The summed E-state index contributed by atoms with van der Waals surface area (Å²) in [5.41, 5.74) is 5.16. The fourth-order valence-corrected chi connectivity index (χ4v) is 8.22. The van der Waals surface area contributed by atoms with E-state index in [4.69, 9.17) is 9.97 Å². The second-order valence-electron chi connectivity index (χ2n) is 11.4. The highest BCUT2D eigenvalue weighted by Crippen LogP contribution is 2.44. The maximum atomic E-state index is 5.27. The summed E-state index contributed by atoms with van der Waals surface area (Å²) in [7, 11) is 0. The molecule has 0 N–H and O–H groups in total. The topological polar surface area (TPSA) is 30.7 Å². The molecule has 0 aliphatic heterocycles. The Bertz CT molecular complexity index is 2770. The average Bonchev–Trinajstić information content (AvgIpc) is 3.64. The minimum absolute atomic E-state index is 0.681. The van der Waals surface area contributed by atoms with Gasteiger partial charge in [0.05, 0.1) is 22.2 Å². The van der Waals surface area contributed by atoms with Crippen LogP contribution in [0.5, 0.6) is 0 Å². The zero-order chi connectivity index (χ0) is 28.8. The Kier molecular flexibility index (Phi) is 4.87. The molecule has 44 heavy (non-hydrogen) atoms. The van der Waals surface area contributed by atoms with Crippen LogP contribution in [0.1, 0.15) is 0 Å². The van der Waals surface area contributed by atoms with Gasteiger partial charge in [0.1, 0.15) is 0 Å². The summed E-state index contributed by atoms with van der Waals surface area (Å²) in [6.07, 6.45) is 0. The quantitative estimate of drug-likeness (QED) is 0.191. The maximum absolute atomic E-state index is 5.27. The second kappa shape index (κ2) is 8.96. The van der Waals surface area contributed by atoms with Crippen LogP contribution in [-0.2, 0) is 0 Å². The van der Waals surface area contributed by atoms with Crippen molar-refractivity contribution in [2.75, 3.05) is 0 Å². The third-order valence-electron chi connectivity index (χ3n) is 8.99. The van der Waals surface area contributed by atoms with Crippen molar-refractivity contribution >= 4 is 85.8 Å². The standard InChI is InChI=1S/C40H23N3S/c1-2-10-25(11-3-1)39-28-12-4-7-15-31(28)41-40(42-39)43-32-16-8-5-13-29(32)37-27-20-18-24-19-23-35-38(30-14-6-9-17-34(30)44-35)36(24)26(27)21-22-33(37)43/h1-23H. The molecule has 0 saturated heterocycles. The molecule has 0 fully saturated rings. The molecule has 0 aliphatic rings. The summed E-state index contributed by atoms with van der Waals surface area (Å²) in [6, 6.07) is 49.9. The van der Waals surface area contributed by atoms with Crippen LogP contribution in [0.3, 0.4) is 0 Å². The van der Waals surface area contributed by atoms with Gasteiger partial charge in [-0.25, -0.2) is 9.97 Å². The molecule has 0 bridgehead atoms. The number of hydrogen-bond acceptors (Lipinski definition) is 3. The zero-order valence-electron chi connectivity index (χ0n) is 23.5. The second-order valence-corrected chi connectivity index (χ2v) is 12.4. The zero-order valence-corrected chi connectivity index (χ0v) is 24.3. The average molecular weight is 578 g/mol. The number of fused-ring (bicyclic) bond motifs is 12. The van der Waals surface area contributed by atoms with Crippen molar-refractivity contribution in [2.24, 2.45) is 0 Å². The van der Waals surface area contributed by atoms with Gasteiger partial charge in [-0.3, -0.25) is 4.57 Å². The molecule has 0 aliphatic carbocycles. The van der Waals surface area contributed by atoms with Gasteiger partial charge >= 0.3 is 0 Å². The lowest BCUT2D eigenvalue weighted by molar-refractivity contribution is 1.01. The first-order valence-corrected chi connectivity index (χ1v) is 15.7. The van der Waals surface area contributed by atoms with Gasteiger partial charge in [-0.15, -0.1) is 11.3 Å². The Balaban J connectivity index is 1.35. The summed E-state index contributed by atoms with van der Waals surface area (Å²) in [5, 5.41) is 11.3. The summed E-state index contributed by atoms with van der Waals surface area (Å²) in [6.45, 7) is 0. The number of rotatable bonds is 2. The van der Waals surface area contributed by atoms with Crippen LogP contribution in [0.4, 0.5) is 0 Å². The molecule has 10 aromatic rings. The SMILES string of the molecule is c1ccc(-c2nc(-n3c4ccccc4c4c5ccc6ccc7sc8ccccc8c7c6c5ccc43)nc3ccccc23)cc1. The molecule has 0 spiro atoms. The van der Waals surface area contributed by atoms with E-state index in [1.54, 1.807) is 0 Å². The van der Waals surface area contributed by atoms with Crippen molar-refractivity contribution in [3.8, 4) is 17.2 Å². The monoisotopic (exact) mass is 577 g/mol. The van der Waals surface area contributed by atoms with E-state index in [-0.39, 0.29) is 0 Å². The first kappa shape index (κ1) is 23.9. The lowest BCUT2D eigenvalue weighted by atomic mass is 9.95. The first-order valence-electron chi connectivity index (χ1n) is 14.8. The highest BCUT2D eigenvalue weighted by molar-refractivity contribution is 7.26. The van der Waals surface area contributed by atoms with Gasteiger partial charge < -0.3 is 0 Å². The molecule has 204 valence electrons. The van der Waals surface area contributed by atoms with Crippen molar-refractivity contribution in [3.63, 3.8) is 0 Å². The summed E-state index contributed by atoms with van der Waals surface area (Å²) in [5.74, 6) is 0.681. The Morgan fingerprint density at radius 1 is 0.432 bits per heavy atom. The highest BCUT2D eigenvalue weighted by atomic mass is 32.1. The van der Waals surface area contributed by atoms with Crippen molar-refractivity contribution in [1.82, 2.24) is 14.5 Å². The number of aromatic nitrogens is 3. The fourth-order valence-electron chi connectivity index (χ4n) is 7.11. The van der Waals surface area contributed by atoms with Crippen molar-refractivity contribution < 1.29 is 0 Å². The molecular weight excluding hydrogens is 555 g/mol. The Morgan fingerprint density at radius 3 is 2.05 bits per heavy atom. The van der Waals surface area contributed by atoms with Gasteiger partial charge in [0, 0.05) is 41.9 Å². The largest absolute Gasteiger partial charge is 0.278 e. The van der Waals surface area contributed by atoms with Crippen molar-refractivity contribution in [3.05, 3.63) is 140 Å². The molecule has 3 nitrogen and oxygen atoms in total. The third kappa shape index (κ3) is 3.26. The molecular formula is C40H23N3S. The smallest absolute Gasteiger partial charge is 0.235 e. The minimum atomic E-state index is 0.681. The number of para-hydroxylation sites is 2. The first-order chi connectivity index (χ1) is 21.8. The van der Waals surface area contributed by atoms with Crippen LogP contribution < -0.4 is 0 Å². The summed E-state index contributed by atoms with van der Waals surface area (Å²) < 4.78 is 4.90. The van der Waals surface area contributed by atoms with E-state index in [1.165, 1.54) is 52.5 Å². The summed E-state index contributed by atoms with van der Waals surface area (Å²) >= 11 is 1.87. The van der Waals surface area contributed by atoms with Gasteiger partial charge in [0.15, 0.2) is 0 Å². The third-order valence-corrected chi connectivity index (χ3v) is 10.1. The Labute approximate surface area is 256 Å². The van der Waals surface area contributed by atoms with E-state index in [1.807, 2.05) is 23.5 Å². The van der Waals surface area contributed by atoms with Gasteiger partial charge in [0.25, 0.3) is 0 Å². The summed E-state index contributed by atoms with van der Waals surface area (Å²) in [4.78, 5) is 10.4. The molecule has 7 aromatic carbocycles. The lowest BCUT2D eigenvalue weighted by Crippen LogP contribution is -2.03. The minimum Gasteiger partial charge on any atom is -0.278 e. The number of benzene rings is 7. The molecule has 0 amide bonds. The highest BCUT2D eigenvalue weighted by Gasteiger charge is 2.20. The Hall–Kier alpha value is -5.58. The molecule has 3 aromatic heterocycles. The number of thiophene rings is 1. The van der Waals surface area contributed by atoms with Crippen molar-refractivity contribution in [2.45, 2.75) is 0 Å². The van der Waals surface area contributed by atoms with Crippen LogP contribution in [0.15, 0.2) is 140 Å². The van der Waals surface area contributed by atoms with Gasteiger partial charge in [-0.05, 0) is 51.9 Å². The molecule has 4 heteroatoms. The van der Waals surface area contributed by atoms with E-state index in [9.17, 15) is 0 Å². The van der Waals surface area contributed by atoms with Crippen molar-refractivity contribution in [1.29, 1.82) is 0 Å². The normalized spacial score (nSPS) is 12.1. The van der Waals surface area contributed by atoms with Crippen LogP contribution >= 0.6 is 11.3 Å². The molecule has 3 heterocycles. The Morgan fingerprint density at radius 2 is 1.14 bits per heavy atom. The lowest BCUT2D eigenvalue weighted by Gasteiger charge is -2.12. The molecule has 0 unspecified atom stereocenters. The van der Waals surface area contributed by atoms with Gasteiger partial charge in [-0.1, -0.05) is 109 Å². The number of hydrogen-bond donors (Lipinski definition) is 0. The van der Waals surface area contributed by atoms with Crippen LogP contribution in [0.25, 0.3) is 91.6 Å². The van der Waals surface area contributed by atoms with E-state index >= 15 is 0 Å². The van der Waals surface area contributed by atoms with E-state index in [0.717, 1.165) is 33.2 Å². The van der Waals surface area contributed by atoms with E-state index in [2.05, 4.69) is 132 Å². The molecule has 0 atom stereocenters. The van der Waals surface area contributed by atoms with E-state index in [0.29, 0.717) is 5.95 Å². The van der Waals surface area contributed by atoms with Gasteiger partial charge in [-0.2, -0.15) is 0 Å². The van der Waals surface area contributed by atoms with E-state index < -0.39 is 0 Å². The molecule has 10 rings (SSSR count). The van der Waals surface area contributed by atoms with Crippen LogP contribution in [0.2, 0.25) is 0 Å². The molecule has 0 saturated carbocycles. The maximum Gasteiger partial charge on any atom is 0.235 e. The number of nitrogens with zero attached hydrogens (tertiary/aromatic N) is 3. The van der Waals surface area contributed by atoms with Gasteiger partial charge in [0.2, 0.25) is 5.95 Å². The predicted octanol–water partition coefficient (Wildman–Crippen LogP) is 11.1. The molecule has 0 radical (unpaired) electrons.